The van der Waals surface area contributed by atoms with Gasteiger partial charge in [0, 0.05) is 17.9 Å². The van der Waals surface area contributed by atoms with Gasteiger partial charge in [0.05, 0.1) is 5.69 Å². The number of carbonyl (C=O) groups is 1. The molecular weight excluding hydrogens is 454 g/mol. The number of aromatic nitrogens is 6. The number of carbonyl (C=O) groups excluding carboxylic acids is 1. The first-order valence-electron chi connectivity index (χ1n) is 11.8. The van der Waals surface area contributed by atoms with Crippen LogP contribution in [0.15, 0.2) is 60.7 Å². The number of anilines is 1. The van der Waals surface area contributed by atoms with E-state index in [0.717, 1.165) is 28.1 Å². The summed E-state index contributed by atoms with van der Waals surface area (Å²) in [6, 6.07) is 19.8. The zero-order chi connectivity index (χ0) is 24.8. The fourth-order valence-electron chi connectivity index (χ4n) is 4.73. The topological polar surface area (TPSA) is 99.2 Å². The lowest BCUT2D eigenvalue weighted by atomic mass is 9.86. The Hall–Kier alpha value is -4.53. The van der Waals surface area contributed by atoms with Gasteiger partial charge in [-0.25, -0.2) is 0 Å². The van der Waals surface area contributed by atoms with E-state index in [1.807, 2.05) is 62.4 Å². The van der Waals surface area contributed by atoms with Gasteiger partial charge in [0.15, 0.2) is 17.3 Å². The third kappa shape index (κ3) is 3.78. The number of aryl methyl sites for hydroxylation is 3. The molecule has 1 atom stereocenters. The molecule has 0 saturated carbocycles. The molecule has 9 heteroatoms. The molecule has 1 amide bonds. The lowest BCUT2D eigenvalue weighted by Crippen LogP contribution is -2.25. The summed E-state index contributed by atoms with van der Waals surface area (Å²) >= 11 is 0. The summed E-state index contributed by atoms with van der Waals surface area (Å²) in [5.41, 5.74) is 5.89. The summed E-state index contributed by atoms with van der Waals surface area (Å²) in [5, 5.41) is 20.6. The van der Waals surface area contributed by atoms with Crippen LogP contribution in [0.2, 0.25) is 0 Å². The lowest BCUT2D eigenvalue weighted by molar-refractivity contribution is -0.116. The minimum atomic E-state index is -0.117. The molecule has 0 aliphatic carbocycles. The number of rotatable bonds is 5. The molecule has 0 spiro atoms. The van der Waals surface area contributed by atoms with Crippen LogP contribution in [0, 0.1) is 20.8 Å². The number of fused-ring (bicyclic) bond motifs is 2. The molecule has 5 aromatic rings. The molecule has 6 rings (SSSR count). The van der Waals surface area contributed by atoms with Crippen LogP contribution in [-0.4, -0.2) is 35.5 Å². The smallest absolute Gasteiger partial charge is 0.226 e. The Balaban J connectivity index is 1.31. The molecule has 9 nitrogen and oxygen atoms in total. The zero-order valence-electron chi connectivity index (χ0n) is 20.3. The highest BCUT2D eigenvalue weighted by molar-refractivity contribution is 5.95. The van der Waals surface area contributed by atoms with Gasteiger partial charge in [0.1, 0.15) is 18.2 Å². The summed E-state index contributed by atoms with van der Waals surface area (Å²) in [6.45, 7) is 6.39. The van der Waals surface area contributed by atoms with Crippen LogP contribution in [-0.2, 0) is 11.4 Å². The molecule has 1 aliphatic rings. The van der Waals surface area contributed by atoms with Gasteiger partial charge in [0.25, 0.3) is 0 Å². The number of amides is 1. The molecule has 0 fully saturated rings. The molecule has 4 heterocycles. The van der Waals surface area contributed by atoms with Crippen LogP contribution in [0.5, 0.6) is 5.75 Å². The third-order valence-corrected chi connectivity index (χ3v) is 6.66. The number of hydrogen-bond donors (Lipinski definition) is 1. The Morgan fingerprint density at radius 3 is 2.58 bits per heavy atom. The number of nitrogens with one attached hydrogen (secondary N) is 1. The van der Waals surface area contributed by atoms with Gasteiger partial charge in [-0.2, -0.15) is 14.3 Å². The lowest BCUT2D eigenvalue weighted by Gasteiger charge is -2.24. The number of ether oxygens (including phenoxy) is 1. The average Bonchev–Trinajstić information content (AvgIpc) is 3.42. The quantitative estimate of drug-likeness (QED) is 0.404. The summed E-state index contributed by atoms with van der Waals surface area (Å²) in [6.07, 6.45) is 0.347. The highest BCUT2D eigenvalue weighted by Crippen LogP contribution is 2.40. The largest absolute Gasteiger partial charge is 0.489 e. The van der Waals surface area contributed by atoms with Crippen molar-refractivity contribution in [2.24, 2.45) is 0 Å². The van der Waals surface area contributed by atoms with Crippen molar-refractivity contribution in [1.29, 1.82) is 0 Å². The predicted molar refractivity (Wildman–Crippen MR) is 134 cm³/mol. The summed E-state index contributed by atoms with van der Waals surface area (Å²) in [4.78, 5) is 12.8. The van der Waals surface area contributed by atoms with Gasteiger partial charge in [-0.1, -0.05) is 36.4 Å². The van der Waals surface area contributed by atoms with Gasteiger partial charge in [-0.3, -0.25) is 4.79 Å². The van der Waals surface area contributed by atoms with Crippen molar-refractivity contribution < 1.29 is 9.53 Å². The van der Waals surface area contributed by atoms with Gasteiger partial charge >= 0.3 is 0 Å². The van der Waals surface area contributed by atoms with Crippen LogP contribution in [0.1, 0.15) is 46.1 Å². The summed E-state index contributed by atoms with van der Waals surface area (Å²) in [5.74, 6) is 2.51. The maximum atomic E-state index is 12.8. The molecule has 2 aromatic carbocycles. The van der Waals surface area contributed by atoms with Crippen molar-refractivity contribution in [2.75, 3.05) is 5.32 Å². The van der Waals surface area contributed by atoms with Crippen LogP contribution < -0.4 is 10.1 Å². The Morgan fingerprint density at radius 1 is 0.972 bits per heavy atom. The molecule has 180 valence electrons. The van der Waals surface area contributed by atoms with Crippen molar-refractivity contribution in [3.63, 3.8) is 0 Å². The molecule has 3 aromatic heterocycles. The van der Waals surface area contributed by atoms with E-state index < -0.39 is 0 Å². The van der Waals surface area contributed by atoms with E-state index in [2.05, 4.69) is 39.7 Å². The third-order valence-electron chi connectivity index (χ3n) is 6.66. The Bertz CT molecular complexity index is 1600. The molecule has 1 N–H and O–H groups in total. The minimum Gasteiger partial charge on any atom is -0.489 e. The fraction of sp³-hybridized carbons (Fsp3) is 0.222. The second kappa shape index (κ2) is 8.60. The van der Waals surface area contributed by atoms with Crippen LogP contribution in [0.3, 0.4) is 0 Å². The standard InChI is InChI=1S/C27H25N7O2/c1-16-6-4-5-7-20(16)15-36-21-10-8-19(9-11-21)22-14-25(35)28-27-26(22)17(2)31-34(27)24-13-12-23-30-29-18(3)33(23)32-24/h4-13,22H,14-15H2,1-3H3,(H,28,35)/t22-/m0/s1. The maximum absolute atomic E-state index is 12.8. The molecule has 36 heavy (non-hydrogen) atoms. The van der Waals surface area contributed by atoms with Crippen LogP contribution in [0.4, 0.5) is 5.82 Å². The minimum absolute atomic E-state index is 0.0601. The summed E-state index contributed by atoms with van der Waals surface area (Å²) < 4.78 is 9.36. The maximum Gasteiger partial charge on any atom is 0.226 e. The molecule has 1 aliphatic heterocycles. The van der Waals surface area contributed by atoms with Gasteiger partial charge in [-0.15, -0.1) is 15.3 Å². The van der Waals surface area contributed by atoms with Crippen molar-refractivity contribution >= 4 is 17.4 Å². The van der Waals surface area contributed by atoms with E-state index in [9.17, 15) is 4.79 Å². The van der Waals surface area contributed by atoms with Gasteiger partial charge < -0.3 is 10.1 Å². The molecule has 0 saturated heterocycles. The Morgan fingerprint density at radius 2 is 1.78 bits per heavy atom. The second-order valence-corrected chi connectivity index (χ2v) is 9.06. The van der Waals surface area contributed by atoms with Crippen molar-refractivity contribution in [1.82, 2.24) is 29.6 Å². The van der Waals surface area contributed by atoms with E-state index in [1.54, 1.807) is 9.20 Å². The fourth-order valence-corrected chi connectivity index (χ4v) is 4.73. The summed E-state index contributed by atoms with van der Waals surface area (Å²) in [7, 11) is 0. The van der Waals surface area contributed by atoms with E-state index in [-0.39, 0.29) is 11.8 Å². The van der Waals surface area contributed by atoms with E-state index >= 15 is 0 Å². The molecule has 0 bridgehead atoms. The molecular formula is C27H25N7O2. The predicted octanol–water partition coefficient (Wildman–Crippen LogP) is 4.29. The zero-order valence-corrected chi connectivity index (χ0v) is 20.3. The van der Waals surface area contributed by atoms with Crippen molar-refractivity contribution in [2.45, 2.75) is 39.7 Å². The second-order valence-electron chi connectivity index (χ2n) is 9.06. The Labute approximate surface area is 207 Å². The van der Waals surface area contributed by atoms with E-state index in [0.29, 0.717) is 36.1 Å². The van der Waals surface area contributed by atoms with E-state index in [1.165, 1.54) is 5.56 Å². The first-order valence-corrected chi connectivity index (χ1v) is 11.8. The highest BCUT2D eigenvalue weighted by atomic mass is 16.5. The van der Waals surface area contributed by atoms with Gasteiger partial charge in [-0.05, 0) is 61.7 Å². The van der Waals surface area contributed by atoms with Crippen LogP contribution in [0.25, 0.3) is 11.5 Å². The first-order chi connectivity index (χ1) is 17.5. The molecule has 0 radical (unpaired) electrons. The average molecular weight is 480 g/mol. The number of nitrogens with zero attached hydrogens (tertiary/aromatic N) is 6. The SMILES string of the molecule is Cc1ccccc1COc1ccc([C@@H]2CC(=O)Nc3c2c(C)nn3-c2ccc3nnc(C)n3n2)cc1. The van der Waals surface area contributed by atoms with E-state index in [4.69, 9.17) is 9.84 Å². The normalized spacial score (nSPS) is 15.1. The van der Waals surface area contributed by atoms with Crippen LogP contribution >= 0.6 is 0 Å². The number of benzene rings is 2. The highest BCUT2D eigenvalue weighted by Gasteiger charge is 2.33. The monoisotopic (exact) mass is 479 g/mol. The Kier molecular flexibility index (Phi) is 5.25. The molecule has 0 unspecified atom stereocenters. The van der Waals surface area contributed by atoms with Gasteiger partial charge in [0.2, 0.25) is 5.91 Å². The van der Waals surface area contributed by atoms with Crippen molar-refractivity contribution in [3.05, 3.63) is 94.4 Å². The number of hydrogen-bond acceptors (Lipinski definition) is 6. The van der Waals surface area contributed by atoms with Crippen molar-refractivity contribution in [3.8, 4) is 11.6 Å². The first kappa shape index (κ1) is 22.0.